The molecule has 0 aromatic heterocycles. The Morgan fingerprint density at radius 2 is 1.69 bits per heavy atom. The van der Waals surface area contributed by atoms with Crippen LogP contribution in [0.2, 0.25) is 0 Å². The van der Waals surface area contributed by atoms with Gasteiger partial charge in [0.05, 0.1) is 6.04 Å². The number of carbonyl (C=O) groups is 1. The lowest BCUT2D eigenvalue weighted by Gasteiger charge is -2.24. The van der Waals surface area contributed by atoms with Crippen molar-refractivity contribution in [2.75, 3.05) is 12.4 Å². The number of alkyl halides is 2. The van der Waals surface area contributed by atoms with E-state index in [4.69, 9.17) is 0 Å². The van der Waals surface area contributed by atoms with Gasteiger partial charge < -0.3 is 10.1 Å². The fraction of sp³-hybridized carbons (Fsp3) is 0.278. The van der Waals surface area contributed by atoms with Gasteiger partial charge in [0.25, 0.3) is 0 Å². The van der Waals surface area contributed by atoms with Gasteiger partial charge in [0.2, 0.25) is 5.91 Å². The van der Waals surface area contributed by atoms with Gasteiger partial charge in [-0.25, -0.2) is 8.78 Å². The monoisotopic (exact) mass is 370 g/mol. The Labute approximate surface area is 148 Å². The molecule has 0 aliphatic carbocycles. The number of halogens is 4. The highest BCUT2D eigenvalue weighted by Gasteiger charge is 2.21. The van der Waals surface area contributed by atoms with E-state index in [9.17, 15) is 22.4 Å². The van der Waals surface area contributed by atoms with Crippen LogP contribution in [0, 0.1) is 11.6 Å². The molecule has 0 radical (unpaired) electrons. The Morgan fingerprint density at radius 1 is 1.12 bits per heavy atom. The lowest BCUT2D eigenvalue weighted by Crippen LogP contribution is -2.39. The van der Waals surface area contributed by atoms with E-state index in [2.05, 4.69) is 10.1 Å². The third-order valence-corrected chi connectivity index (χ3v) is 3.83. The number of nitrogens with zero attached hydrogens (tertiary/aromatic N) is 1. The van der Waals surface area contributed by atoms with Crippen LogP contribution in [-0.4, -0.2) is 30.5 Å². The van der Waals surface area contributed by atoms with E-state index in [0.717, 1.165) is 17.7 Å². The molecule has 0 saturated heterocycles. The normalized spacial score (nSPS) is 12.3. The van der Waals surface area contributed by atoms with E-state index in [1.807, 2.05) is 0 Å². The third kappa shape index (κ3) is 5.19. The third-order valence-electron chi connectivity index (χ3n) is 3.83. The van der Waals surface area contributed by atoms with Gasteiger partial charge in [-0.05, 0) is 43.8 Å². The molecule has 8 heteroatoms. The van der Waals surface area contributed by atoms with Gasteiger partial charge in [0.15, 0.2) is 0 Å². The summed E-state index contributed by atoms with van der Waals surface area (Å²) in [6, 6.07) is 8.60. The molecule has 2 rings (SSSR count). The minimum absolute atomic E-state index is 0.0345. The zero-order valence-corrected chi connectivity index (χ0v) is 14.2. The molecule has 4 nitrogen and oxygen atoms in total. The van der Waals surface area contributed by atoms with Crippen LogP contribution in [0.3, 0.4) is 0 Å². The molecule has 0 spiro atoms. The van der Waals surface area contributed by atoms with Crippen LogP contribution in [0.15, 0.2) is 42.5 Å². The van der Waals surface area contributed by atoms with Crippen LogP contribution < -0.4 is 10.1 Å². The number of hydrogen-bond acceptors (Lipinski definition) is 3. The van der Waals surface area contributed by atoms with Gasteiger partial charge in [-0.1, -0.05) is 18.2 Å². The highest BCUT2D eigenvalue weighted by molar-refractivity contribution is 5.94. The Hall–Kier alpha value is -2.61. The maximum Gasteiger partial charge on any atom is 0.387 e. The van der Waals surface area contributed by atoms with Crippen molar-refractivity contribution in [2.24, 2.45) is 0 Å². The first-order valence-corrected chi connectivity index (χ1v) is 7.76. The predicted octanol–water partition coefficient (Wildman–Crippen LogP) is 4.03. The number of rotatable bonds is 7. The average molecular weight is 370 g/mol. The van der Waals surface area contributed by atoms with E-state index in [-0.39, 0.29) is 5.75 Å². The quantitative estimate of drug-likeness (QED) is 0.749. The van der Waals surface area contributed by atoms with Crippen molar-refractivity contribution in [3.05, 3.63) is 59.7 Å². The molecule has 0 bridgehead atoms. The summed E-state index contributed by atoms with van der Waals surface area (Å²) in [5.74, 6) is -2.26. The zero-order chi connectivity index (χ0) is 19.3. The number of ether oxygens (including phenoxy) is 1. The van der Waals surface area contributed by atoms with Crippen molar-refractivity contribution >= 4 is 11.6 Å². The summed E-state index contributed by atoms with van der Waals surface area (Å²) in [6.45, 7) is -0.989. The van der Waals surface area contributed by atoms with E-state index >= 15 is 0 Å². The SMILES string of the molecule is CC(C(=O)Nc1c(F)cccc1F)N(C)Cc1ccc(OC(F)F)cc1. The van der Waals surface area contributed by atoms with Crippen molar-refractivity contribution in [2.45, 2.75) is 26.1 Å². The smallest absolute Gasteiger partial charge is 0.387 e. The second kappa shape index (κ2) is 8.66. The van der Waals surface area contributed by atoms with Crippen molar-refractivity contribution < 1.29 is 27.1 Å². The van der Waals surface area contributed by atoms with Crippen molar-refractivity contribution in [3.8, 4) is 5.75 Å². The van der Waals surface area contributed by atoms with Crippen molar-refractivity contribution in [3.63, 3.8) is 0 Å². The topological polar surface area (TPSA) is 41.6 Å². The summed E-state index contributed by atoms with van der Waals surface area (Å²) >= 11 is 0. The number of hydrogen-bond donors (Lipinski definition) is 1. The van der Waals surface area contributed by atoms with Gasteiger partial charge in [-0.2, -0.15) is 8.78 Å². The second-order valence-electron chi connectivity index (χ2n) is 5.70. The Bertz CT molecular complexity index is 733. The largest absolute Gasteiger partial charge is 0.435 e. The maximum atomic E-state index is 13.6. The lowest BCUT2D eigenvalue weighted by atomic mass is 10.1. The zero-order valence-electron chi connectivity index (χ0n) is 14.2. The molecule has 2 aromatic rings. The molecular formula is C18H18F4N2O2. The second-order valence-corrected chi connectivity index (χ2v) is 5.70. The molecule has 0 aliphatic rings. The summed E-state index contributed by atoms with van der Waals surface area (Å²) in [7, 11) is 1.66. The fourth-order valence-corrected chi connectivity index (χ4v) is 2.25. The van der Waals surface area contributed by atoms with Crippen molar-refractivity contribution in [1.82, 2.24) is 4.90 Å². The van der Waals surface area contributed by atoms with Crippen molar-refractivity contribution in [1.29, 1.82) is 0 Å². The molecule has 2 aromatic carbocycles. The first kappa shape index (κ1) is 19.7. The van der Waals surface area contributed by atoms with Gasteiger partial charge in [-0.15, -0.1) is 0 Å². The first-order chi connectivity index (χ1) is 12.3. The van der Waals surface area contributed by atoms with Gasteiger partial charge in [-0.3, -0.25) is 9.69 Å². The van der Waals surface area contributed by atoms with Crippen LogP contribution in [0.5, 0.6) is 5.75 Å². The molecule has 0 saturated carbocycles. The van der Waals surface area contributed by atoms with Crippen LogP contribution >= 0.6 is 0 Å². The predicted molar refractivity (Wildman–Crippen MR) is 89.0 cm³/mol. The van der Waals surface area contributed by atoms with Gasteiger partial charge in [0.1, 0.15) is 23.1 Å². The number of para-hydroxylation sites is 1. The fourth-order valence-electron chi connectivity index (χ4n) is 2.25. The van der Waals surface area contributed by atoms with E-state index in [1.165, 1.54) is 18.2 Å². The highest BCUT2D eigenvalue weighted by atomic mass is 19.3. The molecule has 1 unspecified atom stereocenters. The molecule has 1 atom stereocenters. The van der Waals surface area contributed by atoms with Crippen LogP contribution in [0.4, 0.5) is 23.2 Å². The van der Waals surface area contributed by atoms with E-state index in [0.29, 0.717) is 6.54 Å². The van der Waals surface area contributed by atoms with Crippen LogP contribution in [-0.2, 0) is 11.3 Å². The number of carbonyl (C=O) groups excluding carboxylic acids is 1. The summed E-state index contributed by atoms with van der Waals surface area (Å²) in [6.07, 6.45) is 0. The molecular weight excluding hydrogens is 352 g/mol. The molecule has 0 aliphatic heterocycles. The summed E-state index contributed by atoms with van der Waals surface area (Å²) in [5, 5.41) is 2.24. The van der Waals surface area contributed by atoms with E-state index in [1.54, 1.807) is 31.0 Å². The Balaban J connectivity index is 1.98. The summed E-state index contributed by atoms with van der Waals surface area (Å²) in [4.78, 5) is 13.9. The Morgan fingerprint density at radius 3 is 2.23 bits per heavy atom. The minimum Gasteiger partial charge on any atom is -0.435 e. The Kier molecular flexibility index (Phi) is 6.57. The first-order valence-electron chi connectivity index (χ1n) is 7.76. The standard InChI is InChI=1S/C18H18F4N2O2/c1-11(17(25)23-16-14(19)4-3-5-15(16)20)24(2)10-12-6-8-13(9-7-12)26-18(21)22/h3-9,11,18H,10H2,1-2H3,(H,23,25). The number of benzene rings is 2. The minimum atomic E-state index is -2.90. The number of nitrogens with one attached hydrogen (secondary N) is 1. The van der Waals surface area contributed by atoms with E-state index < -0.39 is 35.9 Å². The molecule has 1 amide bonds. The summed E-state index contributed by atoms with van der Waals surface area (Å²) < 4.78 is 55.8. The molecule has 0 fully saturated rings. The van der Waals surface area contributed by atoms with Crippen LogP contribution in [0.1, 0.15) is 12.5 Å². The molecule has 26 heavy (non-hydrogen) atoms. The maximum absolute atomic E-state index is 13.6. The van der Waals surface area contributed by atoms with Gasteiger partial charge in [0, 0.05) is 6.54 Å². The highest BCUT2D eigenvalue weighted by Crippen LogP contribution is 2.19. The molecule has 1 N–H and O–H groups in total. The van der Waals surface area contributed by atoms with Crippen LogP contribution in [0.25, 0.3) is 0 Å². The van der Waals surface area contributed by atoms with Gasteiger partial charge >= 0.3 is 6.61 Å². The molecule has 0 heterocycles. The number of likely N-dealkylation sites (N-methyl/N-ethyl adjacent to an activating group) is 1. The molecule has 140 valence electrons. The number of anilines is 1. The lowest BCUT2D eigenvalue weighted by molar-refractivity contribution is -0.120. The average Bonchev–Trinajstić information content (AvgIpc) is 2.58. The number of amides is 1. The summed E-state index contributed by atoms with van der Waals surface area (Å²) in [5.41, 5.74) is 0.261.